The molecule has 23 heavy (non-hydrogen) atoms. The predicted octanol–water partition coefficient (Wildman–Crippen LogP) is 3.96. The Kier molecular flexibility index (Phi) is 3.34. The predicted molar refractivity (Wildman–Crippen MR) is 89.2 cm³/mol. The SMILES string of the molecule is Cc1ccncc1-c1ccc2nc(NC(=O)[C@H]3C[C@H]3F)sc2c1. The van der Waals surface area contributed by atoms with E-state index in [1.165, 1.54) is 11.3 Å². The van der Waals surface area contributed by atoms with Crippen LogP contribution in [0.4, 0.5) is 9.52 Å². The number of amides is 1. The fourth-order valence-corrected chi connectivity index (χ4v) is 3.45. The van der Waals surface area contributed by atoms with Crippen LogP contribution in [-0.4, -0.2) is 22.0 Å². The molecule has 0 spiro atoms. The van der Waals surface area contributed by atoms with Gasteiger partial charge in [-0.2, -0.15) is 0 Å². The molecule has 3 aromatic rings. The first kappa shape index (κ1) is 14.3. The molecule has 0 saturated heterocycles. The Bertz CT molecular complexity index is 908. The average Bonchev–Trinajstić information content (AvgIpc) is 3.13. The molecule has 6 heteroatoms. The number of halogens is 1. The van der Waals surface area contributed by atoms with Gasteiger partial charge in [-0.1, -0.05) is 17.4 Å². The van der Waals surface area contributed by atoms with Crippen molar-refractivity contribution < 1.29 is 9.18 Å². The standard InChI is InChI=1S/C17H14FN3OS/c1-9-4-5-19-8-12(9)10-2-3-14-15(6-10)23-17(20-14)21-16(22)11-7-13(11)18/h2-6,8,11,13H,7H2,1H3,(H,20,21,22)/t11-,13+/m0/s1. The van der Waals surface area contributed by atoms with Crippen molar-refractivity contribution in [1.82, 2.24) is 9.97 Å². The van der Waals surface area contributed by atoms with E-state index in [9.17, 15) is 9.18 Å². The van der Waals surface area contributed by atoms with E-state index in [-0.39, 0.29) is 5.91 Å². The number of carbonyl (C=O) groups excluding carboxylic acids is 1. The fraction of sp³-hybridized carbons (Fsp3) is 0.235. The molecule has 2 aromatic heterocycles. The van der Waals surface area contributed by atoms with Crippen LogP contribution in [0.25, 0.3) is 21.3 Å². The number of thiazole rings is 1. The topological polar surface area (TPSA) is 54.9 Å². The Morgan fingerprint density at radius 1 is 1.39 bits per heavy atom. The minimum absolute atomic E-state index is 0.278. The number of hydrogen-bond donors (Lipinski definition) is 1. The summed E-state index contributed by atoms with van der Waals surface area (Å²) in [6, 6.07) is 7.94. The van der Waals surface area contributed by atoms with E-state index < -0.39 is 12.1 Å². The van der Waals surface area contributed by atoms with E-state index in [0.717, 1.165) is 26.9 Å². The molecule has 0 bridgehead atoms. The van der Waals surface area contributed by atoms with Gasteiger partial charge >= 0.3 is 0 Å². The number of aromatic nitrogens is 2. The van der Waals surface area contributed by atoms with Crippen molar-refractivity contribution in [2.24, 2.45) is 5.92 Å². The van der Waals surface area contributed by atoms with E-state index in [2.05, 4.69) is 15.3 Å². The molecule has 4 rings (SSSR count). The second kappa shape index (κ2) is 5.38. The van der Waals surface area contributed by atoms with Gasteiger partial charge in [0, 0.05) is 18.0 Å². The van der Waals surface area contributed by atoms with Crippen LogP contribution in [-0.2, 0) is 4.79 Å². The molecular weight excluding hydrogens is 313 g/mol. The first-order valence-corrected chi connectivity index (χ1v) is 8.20. The molecule has 0 unspecified atom stereocenters. The lowest BCUT2D eigenvalue weighted by Gasteiger charge is -2.04. The smallest absolute Gasteiger partial charge is 0.232 e. The number of alkyl halides is 1. The van der Waals surface area contributed by atoms with E-state index in [1.54, 1.807) is 6.20 Å². The summed E-state index contributed by atoms with van der Waals surface area (Å²) in [5.74, 6) is -0.782. The Hall–Kier alpha value is -2.34. The van der Waals surface area contributed by atoms with Crippen LogP contribution >= 0.6 is 11.3 Å². The Balaban J connectivity index is 1.64. The fourth-order valence-electron chi connectivity index (χ4n) is 2.55. The molecule has 1 N–H and O–H groups in total. The van der Waals surface area contributed by atoms with E-state index >= 15 is 0 Å². The maximum absolute atomic E-state index is 12.9. The van der Waals surface area contributed by atoms with Crippen LogP contribution in [0, 0.1) is 12.8 Å². The molecular formula is C17H14FN3OS. The molecule has 4 nitrogen and oxygen atoms in total. The zero-order valence-electron chi connectivity index (χ0n) is 12.4. The lowest BCUT2D eigenvalue weighted by atomic mass is 10.0. The summed E-state index contributed by atoms with van der Waals surface area (Å²) in [5, 5.41) is 3.23. The minimum Gasteiger partial charge on any atom is -0.302 e. The third-order valence-electron chi connectivity index (χ3n) is 4.02. The van der Waals surface area contributed by atoms with Gasteiger partial charge in [0.25, 0.3) is 0 Å². The number of carbonyl (C=O) groups is 1. The van der Waals surface area contributed by atoms with Gasteiger partial charge in [0.2, 0.25) is 5.91 Å². The van der Waals surface area contributed by atoms with Crippen LogP contribution in [0.3, 0.4) is 0 Å². The second-order valence-electron chi connectivity index (χ2n) is 5.74. The second-order valence-corrected chi connectivity index (χ2v) is 6.77. The van der Waals surface area contributed by atoms with Crippen LogP contribution < -0.4 is 5.32 Å². The summed E-state index contributed by atoms with van der Waals surface area (Å²) >= 11 is 1.40. The number of rotatable bonds is 3. The Morgan fingerprint density at radius 3 is 2.96 bits per heavy atom. The first-order valence-electron chi connectivity index (χ1n) is 7.38. The maximum Gasteiger partial charge on any atom is 0.232 e. The third kappa shape index (κ3) is 2.70. The van der Waals surface area contributed by atoms with Crippen LogP contribution in [0.1, 0.15) is 12.0 Å². The maximum atomic E-state index is 12.9. The number of anilines is 1. The van der Waals surface area contributed by atoms with Gasteiger partial charge in [0.15, 0.2) is 5.13 Å². The lowest BCUT2D eigenvalue weighted by Crippen LogP contribution is -2.14. The summed E-state index contributed by atoms with van der Waals surface area (Å²) in [7, 11) is 0. The number of fused-ring (bicyclic) bond motifs is 1. The molecule has 0 aliphatic heterocycles. The largest absolute Gasteiger partial charge is 0.302 e. The Labute approximate surface area is 136 Å². The number of pyridine rings is 1. The minimum atomic E-state index is -0.996. The normalized spacial score (nSPS) is 19.7. The van der Waals surface area contributed by atoms with Gasteiger partial charge in [0.1, 0.15) is 6.17 Å². The summed E-state index contributed by atoms with van der Waals surface area (Å²) in [4.78, 5) is 20.4. The number of nitrogens with zero attached hydrogens (tertiary/aromatic N) is 2. The number of aryl methyl sites for hydroxylation is 1. The summed E-state index contributed by atoms with van der Waals surface area (Å²) in [5.41, 5.74) is 4.12. The quantitative estimate of drug-likeness (QED) is 0.792. The lowest BCUT2D eigenvalue weighted by molar-refractivity contribution is -0.117. The number of hydrogen-bond acceptors (Lipinski definition) is 4. The van der Waals surface area contributed by atoms with Gasteiger partial charge in [0.05, 0.1) is 16.1 Å². The van der Waals surface area contributed by atoms with Gasteiger partial charge in [-0.3, -0.25) is 9.78 Å². The van der Waals surface area contributed by atoms with Crippen molar-refractivity contribution in [2.75, 3.05) is 5.32 Å². The molecule has 0 radical (unpaired) electrons. The van der Waals surface area contributed by atoms with Crippen LogP contribution in [0.5, 0.6) is 0 Å². The molecule has 2 atom stereocenters. The molecule has 1 saturated carbocycles. The number of benzene rings is 1. The van der Waals surface area contributed by atoms with E-state index in [4.69, 9.17) is 0 Å². The highest BCUT2D eigenvalue weighted by Gasteiger charge is 2.43. The highest BCUT2D eigenvalue weighted by molar-refractivity contribution is 7.22. The summed E-state index contributed by atoms with van der Waals surface area (Å²) in [6.45, 7) is 2.04. The zero-order chi connectivity index (χ0) is 16.0. The molecule has 2 heterocycles. The summed E-state index contributed by atoms with van der Waals surface area (Å²) < 4.78 is 13.9. The molecule has 116 valence electrons. The molecule has 1 aliphatic rings. The van der Waals surface area contributed by atoms with Crippen molar-refractivity contribution in [3.8, 4) is 11.1 Å². The summed E-state index contributed by atoms with van der Waals surface area (Å²) in [6.07, 6.45) is 2.94. The van der Waals surface area contributed by atoms with Crippen LogP contribution in [0.2, 0.25) is 0 Å². The van der Waals surface area contributed by atoms with Crippen molar-refractivity contribution in [3.05, 3.63) is 42.2 Å². The molecule has 1 aromatic carbocycles. The molecule has 1 fully saturated rings. The van der Waals surface area contributed by atoms with Crippen molar-refractivity contribution in [2.45, 2.75) is 19.5 Å². The molecule has 1 aliphatic carbocycles. The van der Waals surface area contributed by atoms with Gasteiger partial charge in [-0.25, -0.2) is 9.37 Å². The monoisotopic (exact) mass is 327 g/mol. The van der Waals surface area contributed by atoms with Crippen LogP contribution in [0.15, 0.2) is 36.7 Å². The van der Waals surface area contributed by atoms with Crippen molar-refractivity contribution in [3.63, 3.8) is 0 Å². The highest BCUT2D eigenvalue weighted by atomic mass is 32.1. The average molecular weight is 327 g/mol. The first-order chi connectivity index (χ1) is 11.1. The van der Waals surface area contributed by atoms with E-state index in [0.29, 0.717) is 11.6 Å². The van der Waals surface area contributed by atoms with Gasteiger partial charge in [-0.15, -0.1) is 0 Å². The number of nitrogens with one attached hydrogen (secondary N) is 1. The van der Waals surface area contributed by atoms with E-state index in [1.807, 2.05) is 37.4 Å². The van der Waals surface area contributed by atoms with Crippen molar-refractivity contribution >= 4 is 32.6 Å². The van der Waals surface area contributed by atoms with Crippen molar-refractivity contribution in [1.29, 1.82) is 0 Å². The van der Waals surface area contributed by atoms with Gasteiger partial charge in [-0.05, 0) is 42.7 Å². The van der Waals surface area contributed by atoms with Gasteiger partial charge < -0.3 is 5.32 Å². The highest BCUT2D eigenvalue weighted by Crippen LogP contribution is 2.36. The third-order valence-corrected chi connectivity index (χ3v) is 4.95. The zero-order valence-corrected chi connectivity index (χ0v) is 13.2. The Morgan fingerprint density at radius 2 is 2.22 bits per heavy atom. The molecule has 1 amide bonds.